The van der Waals surface area contributed by atoms with E-state index in [1.165, 1.54) is 22.1 Å². The van der Waals surface area contributed by atoms with Crippen molar-refractivity contribution in [2.45, 2.75) is 102 Å². The maximum Gasteiger partial charge on any atom is 0.408 e. The van der Waals surface area contributed by atoms with Gasteiger partial charge in [0.15, 0.2) is 0 Å². The van der Waals surface area contributed by atoms with Gasteiger partial charge in [-0.1, -0.05) is 26.8 Å². The topological polar surface area (TPSA) is 193 Å². The van der Waals surface area contributed by atoms with Crippen molar-refractivity contribution in [1.82, 2.24) is 30.1 Å². The van der Waals surface area contributed by atoms with E-state index in [0.29, 0.717) is 29.2 Å². The third-order valence-corrected chi connectivity index (χ3v) is 11.3. The summed E-state index contributed by atoms with van der Waals surface area (Å²) in [6.45, 7) is 14.0. The molecule has 288 valence electrons. The summed E-state index contributed by atoms with van der Waals surface area (Å²) in [5, 5.41) is 6.09. The van der Waals surface area contributed by atoms with Crippen LogP contribution in [0.4, 0.5) is 4.79 Å². The monoisotopic (exact) mass is 754 g/mol. The quantitative estimate of drug-likeness (QED) is 0.288. The van der Waals surface area contributed by atoms with Gasteiger partial charge in [-0.3, -0.25) is 23.9 Å². The van der Waals surface area contributed by atoms with E-state index in [0.717, 1.165) is 0 Å². The van der Waals surface area contributed by atoms with Crippen LogP contribution in [0.3, 0.4) is 0 Å². The molecule has 5 amide bonds. The van der Waals surface area contributed by atoms with Crippen LogP contribution in [0.1, 0.15) is 77.6 Å². The lowest BCUT2D eigenvalue weighted by molar-refractivity contribution is -0.143. The van der Waals surface area contributed by atoms with Gasteiger partial charge in [-0.25, -0.2) is 18.2 Å². The molecule has 3 aliphatic rings. The van der Waals surface area contributed by atoms with Crippen molar-refractivity contribution in [1.29, 1.82) is 0 Å². The number of likely N-dealkylation sites (tertiary alicyclic amines) is 1. The molecule has 2 aromatic rings. The summed E-state index contributed by atoms with van der Waals surface area (Å²) in [5.74, 6) is -2.65. The first-order chi connectivity index (χ1) is 24.6. The van der Waals surface area contributed by atoms with Gasteiger partial charge in [0.1, 0.15) is 29.3 Å². The van der Waals surface area contributed by atoms with Crippen LogP contribution in [0.25, 0.3) is 10.8 Å². The van der Waals surface area contributed by atoms with Gasteiger partial charge < -0.3 is 29.9 Å². The van der Waals surface area contributed by atoms with Crippen LogP contribution in [0.15, 0.2) is 43.1 Å². The molecule has 0 spiro atoms. The molecular formula is C37H50N6O9S. The van der Waals surface area contributed by atoms with E-state index in [9.17, 15) is 32.4 Å². The van der Waals surface area contributed by atoms with Crippen molar-refractivity contribution < 1.29 is 41.9 Å². The van der Waals surface area contributed by atoms with Gasteiger partial charge in [0.2, 0.25) is 27.7 Å². The molecule has 16 heteroatoms. The summed E-state index contributed by atoms with van der Waals surface area (Å²) in [6.07, 6.45) is 2.42. The molecule has 1 aromatic heterocycles. The Morgan fingerprint density at radius 2 is 1.75 bits per heavy atom. The number of hydrogen-bond acceptors (Lipinski definition) is 10. The minimum absolute atomic E-state index is 0.0209. The Morgan fingerprint density at radius 3 is 2.32 bits per heavy atom. The largest absolute Gasteiger partial charge is 0.472 e. The Hall–Kier alpha value is -4.73. The number of hydrogen-bond donors (Lipinski definition) is 3. The summed E-state index contributed by atoms with van der Waals surface area (Å²) in [4.78, 5) is 74.9. The molecule has 3 fully saturated rings. The summed E-state index contributed by atoms with van der Waals surface area (Å²) in [5.41, 5.74) is -2.79. The molecule has 1 saturated heterocycles. The van der Waals surface area contributed by atoms with Crippen LogP contribution in [0, 0.1) is 11.3 Å². The van der Waals surface area contributed by atoms with Crippen LogP contribution in [-0.2, 0) is 29.1 Å². The van der Waals surface area contributed by atoms with E-state index in [-0.39, 0.29) is 31.2 Å². The smallest absolute Gasteiger partial charge is 0.408 e. The molecule has 15 nitrogen and oxygen atoms in total. The number of pyridine rings is 1. The van der Waals surface area contributed by atoms with Gasteiger partial charge in [0, 0.05) is 43.6 Å². The second kappa shape index (κ2) is 14.3. The molecule has 2 aliphatic carbocycles. The van der Waals surface area contributed by atoms with Crippen LogP contribution >= 0.6 is 0 Å². The number of nitrogens with one attached hydrogen (secondary N) is 3. The molecule has 1 aliphatic heterocycles. The minimum atomic E-state index is -3.92. The van der Waals surface area contributed by atoms with Crippen molar-refractivity contribution in [2.24, 2.45) is 11.3 Å². The van der Waals surface area contributed by atoms with E-state index >= 15 is 0 Å². The molecule has 0 bridgehead atoms. The number of carbonyl (C=O) groups excluding carboxylic acids is 5. The van der Waals surface area contributed by atoms with Gasteiger partial charge in [-0.05, 0) is 75.1 Å². The number of rotatable bonds is 11. The number of carbonyl (C=O) groups is 5. The predicted octanol–water partition coefficient (Wildman–Crippen LogP) is 2.89. The van der Waals surface area contributed by atoms with Crippen molar-refractivity contribution in [2.75, 3.05) is 20.6 Å². The van der Waals surface area contributed by atoms with Crippen LogP contribution < -0.4 is 20.1 Å². The Morgan fingerprint density at radius 1 is 1.08 bits per heavy atom. The van der Waals surface area contributed by atoms with E-state index < -0.39 is 79.7 Å². The molecular weight excluding hydrogens is 705 g/mol. The lowest BCUT2D eigenvalue weighted by atomic mass is 9.85. The van der Waals surface area contributed by atoms with Gasteiger partial charge in [-0.2, -0.15) is 0 Å². The Balaban J connectivity index is 1.45. The highest BCUT2D eigenvalue weighted by Gasteiger charge is 2.62. The highest BCUT2D eigenvalue weighted by molar-refractivity contribution is 7.91. The van der Waals surface area contributed by atoms with Crippen molar-refractivity contribution in [3.8, 4) is 5.88 Å². The molecule has 53 heavy (non-hydrogen) atoms. The molecule has 5 atom stereocenters. The summed E-state index contributed by atoms with van der Waals surface area (Å²) in [6, 6.07) is 4.52. The maximum atomic E-state index is 14.5. The second-order valence-corrected chi connectivity index (χ2v) is 18.3. The van der Waals surface area contributed by atoms with Crippen LogP contribution in [-0.4, -0.2) is 108 Å². The first-order valence-corrected chi connectivity index (χ1v) is 19.2. The molecule has 2 saturated carbocycles. The van der Waals surface area contributed by atoms with Gasteiger partial charge in [-0.15, -0.1) is 6.58 Å². The first kappa shape index (κ1) is 39.5. The zero-order chi connectivity index (χ0) is 39.3. The minimum Gasteiger partial charge on any atom is -0.472 e. The van der Waals surface area contributed by atoms with E-state index in [1.807, 2.05) is 0 Å². The number of benzene rings is 1. The zero-order valence-corrected chi connectivity index (χ0v) is 32.3. The fourth-order valence-corrected chi connectivity index (χ4v) is 7.79. The number of sulfonamides is 1. The van der Waals surface area contributed by atoms with Crippen LogP contribution in [0.2, 0.25) is 0 Å². The first-order valence-electron chi connectivity index (χ1n) is 17.6. The molecule has 0 unspecified atom stereocenters. The lowest BCUT2D eigenvalue weighted by Gasteiger charge is -2.36. The summed E-state index contributed by atoms with van der Waals surface area (Å²) in [7, 11) is -0.599. The number of alkyl carbamates (subject to hydrolysis) is 1. The third-order valence-electron chi connectivity index (χ3n) is 9.53. The highest BCUT2D eigenvalue weighted by atomic mass is 32.2. The van der Waals surface area contributed by atoms with Gasteiger partial charge in [0.05, 0.1) is 11.8 Å². The average molecular weight is 755 g/mol. The normalized spacial score (nSPS) is 23.4. The predicted molar refractivity (Wildman–Crippen MR) is 196 cm³/mol. The number of aromatic nitrogens is 1. The second-order valence-electron chi connectivity index (χ2n) is 16.4. The molecule has 1 aromatic carbocycles. The number of nitrogens with zero attached hydrogens (tertiary/aromatic N) is 3. The number of amides is 5. The molecule has 3 N–H and O–H groups in total. The Kier molecular flexibility index (Phi) is 10.6. The Bertz CT molecular complexity index is 1930. The fraction of sp³-hybridized carbons (Fsp3) is 0.568. The number of ether oxygens (including phenoxy) is 2. The number of fused-ring (bicyclic) bond motifs is 1. The highest BCUT2D eigenvalue weighted by Crippen LogP contribution is 2.45. The molecule has 5 rings (SSSR count). The fourth-order valence-electron chi connectivity index (χ4n) is 6.43. The lowest BCUT2D eigenvalue weighted by Crippen LogP contribution is -2.60. The average Bonchev–Trinajstić information content (AvgIpc) is 3.98. The van der Waals surface area contributed by atoms with E-state index in [1.54, 1.807) is 79.9 Å². The summed E-state index contributed by atoms with van der Waals surface area (Å²) >= 11 is 0. The summed E-state index contributed by atoms with van der Waals surface area (Å²) < 4.78 is 39.3. The molecule has 0 radical (unpaired) electrons. The van der Waals surface area contributed by atoms with Crippen LogP contribution in [0.5, 0.6) is 5.88 Å². The van der Waals surface area contributed by atoms with Crippen molar-refractivity contribution in [3.63, 3.8) is 0 Å². The van der Waals surface area contributed by atoms with Crippen molar-refractivity contribution >= 4 is 50.5 Å². The zero-order valence-electron chi connectivity index (χ0n) is 31.5. The van der Waals surface area contributed by atoms with E-state index in [2.05, 4.69) is 26.9 Å². The van der Waals surface area contributed by atoms with Gasteiger partial charge in [0.25, 0.3) is 11.8 Å². The standard InChI is InChI=1S/C37H50N6O9S/c1-10-23-19-37(23,33(47)41-53(49,50)25-12-13-25)40-29(44)27-18-24(20-43(27)32(46)28(35(2,3)4)39-34(48)52-36(5,6)7)51-30-26-14-11-22(31(45)42(8)9)17-21(26)15-16-38-30/h10-11,14-17,23-25,27-28H,1,12-13,18-20H2,2-9H3,(H,39,48)(H,40,44)(H,41,47)/t23-,24-,27-,28-,37+/m1/s1. The van der Waals surface area contributed by atoms with Crippen molar-refractivity contribution in [3.05, 3.63) is 48.7 Å². The molecule has 2 heterocycles. The third kappa shape index (κ3) is 8.74. The Labute approximate surface area is 310 Å². The SMILES string of the molecule is C=C[C@@H]1C[C@@]1(NC(=O)[C@H]1C[C@@H](Oc2nccc3cc(C(=O)N(C)C)ccc23)CN1C(=O)[C@@H](NC(=O)OC(C)(C)C)C(C)(C)C)C(=O)NS(=O)(=O)C1CC1. The van der Waals surface area contributed by atoms with E-state index in [4.69, 9.17) is 9.47 Å². The maximum absolute atomic E-state index is 14.5. The van der Waals surface area contributed by atoms with Gasteiger partial charge >= 0.3 is 6.09 Å².